The lowest BCUT2D eigenvalue weighted by Gasteiger charge is -2.16. The van der Waals surface area contributed by atoms with Crippen molar-refractivity contribution in [1.29, 1.82) is 0 Å². The summed E-state index contributed by atoms with van der Waals surface area (Å²) in [6.45, 7) is 0. The molecule has 10 heteroatoms. The van der Waals surface area contributed by atoms with Crippen molar-refractivity contribution in [1.82, 2.24) is 0 Å². The average Bonchev–Trinajstić information content (AvgIpc) is 2.60. The van der Waals surface area contributed by atoms with Crippen molar-refractivity contribution in [3.63, 3.8) is 0 Å². The van der Waals surface area contributed by atoms with Crippen LogP contribution in [-0.2, 0) is 10.0 Å². The number of nitrogens with one attached hydrogen (secondary N) is 1. The lowest BCUT2D eigenvalue weighted by molar-refractivity contribution is -0.384. The summed E-state index contributed by atoms with van der Waals surface area (Å²) in [4.78, 5) is 22.7. The van der Waals surface area contributed by atoms with Crippen LogP contribution in [-0.4, -0.2) is 39.7 Å². The largest absolute Gasteiger partial charge is 0.495 e. The van der Waals surface area contributed by atoms with E-state index in [9.17, 15) is 23.3 Å². The van der Waals surface area contributed by atoms with Gasteiger partial charge in [-0.25, -0.2) is 8.42 Å². The van der Waals surface area contributed by atoms with Gasteiger partial charge in [0.1, 0.15) is 5.75 Å². The van der Waals surface area contributed by atoms with Gasteiger partial charge >= 0.3 is 0 Å². The molecule has 2 rings (SSSR count). The van der Waals surface area contributed by atoms with Crippen LogP contribution in [0.5, 0.6) is 5.75 Å². The minimum atomic E-state index is -3.41. The fourth-order valence-electron chi connectivity index (χ4n) is 2.12. The molecule has 0 aromatic heterocycles. The standard InChI is InChI=1S/C16H17N3O6S/c1-18(26(3,23)24)12-6-4-11(5-7-12)16(20)17-14-10-13(19(21)22)8-9-15(14)25-2/h4-10H,1-3H3,(H,17,20). The Morgan fingerprint density at radius 2 is 1.81 bits per heavy atom. The highest BCUT2D eigenvalue weighted by molar-refractivity contribution is 7.92. The topological polar surface area (TPSA) is 119 Å². The molecule has 138 valence electrons. The third-order valence-electron chi connectivity index (χ3n) is 3.63. The van der Waals surface area contributed by atoms with E-state index in [0.717, 1.165) is 10.6 Å². The Balaban J connectivity index is 2.25. The first-order chi connectivity index (χ1) is 12.1. The van der Waals surface area contributed by atoms with Gasteiger partial charge in [-0.1, -0.05) is 0 Å². The van der Waals surface area contributed by atoms with Crippen molar-refractivity contribution in [2.75, 3.05) is 30.0 Å². The van der Waals surface area contributed by atoms with Crippen LogP contribution in [0.2, 0.25) is 0 Å². The molecular weight excluding hydrogens is 362 g/mol. The summed E-state index contributed by atoms with van der Waals surface area (Å²) < 4.78 is 29.2. The van der Waals surface area contributed by atoms with Gasteiger partial charge in [-0.15, -0.1) is 0 Å². The van der Waals surface area contributed by atoms with Crippen molar-refractivity contribution in [3.8, 4) is 5.75 Å². The molecule has 0 unspecified atom stereocenters. The van der Waals surface area contributed by atoms with E-state index in [2.05, 4.69) is 5.32 Å². The number of methoxy groups -OCH3 is 1. The number of nitrogens with zero attached hydrogens (tertiary/aromatic N) is 2. The summed E-state index contributed by atoms with van der Waals surface area (Å²) in [5.74, 6) is -0.241. The third-order valence-corrected chi connectivity index (χ3v) is 4.84. The Bertz CT molecular complexity index is 941. The molecule has 0 heterocycles. The third kappa shape index (κ3) is 4.28. The van der Waals surface area contributed by atoms with Gasteiger partial charge in [0.25, 0.3) is 11.6 Å². The molecule has 0 atom stereocenters. The lowest BCUT2D eigenvalue weighted by atomic mass is 10.2. The zero-order valence-electron chi connectivity index (χ0n) is 14.3. The summed E-state index contributed by atoms with van der Waals surface area (Å²) in [5.41, 5.74) is 0.622. The van der Waals surface area contributed by atoms with Crippen molar-refractivity contribution in [2.45, 2.75) is 0 Å². The van der Waals surface area contributed by atoms with Crippen LogP contribution >= 0.6 is 0 Å². The average molecular weight is 379 g/mol. The molecule has 0 fully saturated rings. The highest BCUT2D eigenvalue weighted by Crippen LogP contribution is 2.29. The summed E-state index contributed by atoms with van der Waals surface area (Å²) >= 11 is 0. The molecule has 0 spiro atoms. The minimum absolute atomic E-state index is 0.157. The van der Waals surface area contributed by atoms with Crippen LogP contribution < -0.4 is 14.4 Å². The van der Waals surface area contributed by atoms with Crippen LogP contribution in [0.3, 0.4) is 0 Å². The first-order valence-electron chi connectivity index (χ1n) is 7.31. The molecule has 0 saturated heterocycles. The first-order valence-corrected chi connectivity index (χ1v) is 9.16. The van der Waals surface area contributed by atoms with Crippen LogP contribution in [0.25, 0.3) is 0 Å². The number of non-ortho nitro benzene ring substituents is 1. The molecule has 0 saturated carbocycles. The number of anilines is 2. The van der Waals surface area contributed by atoms with Gasteiger partial charge in [-0.2, -0.15) is 0 Å². The maximum Gasteiger partial charge on any atom is 0.271 e. The monoisotopic (exact) mass is 379 g/mol. The highest BCUT2D eigenvalue weighted by Gasteiger charge is 2.16. The van der Waals surface area contributed by atoms with Crippen molar-refractivity contribution in [3.05, 3.63) is 58.1 Å². The fraction of sp³-hybridized carbons (Fsp3) is 0.188. The fourth-order valence-corrected chi connectivity index (χ4v) is 2.62. The number of amides is 1. The van der Waals surface area contributed by atoms with Gasteiger partial charge < -0.3 is 10.1 Å². The molecule has 0 aliphatic carbocycles. The Morgan fingerprint density at radius 1 is 1.19 bits per heavy atom. The first kappa shape index (κ1) is 19.2. The molecule has 1 amide bonds. The zero-order valence-corrected chi connectivity index (χ0v) is 15.1. The van der Waals surface area contributed by atoms with Crippen molar-refractivity contribution < 1.29 is 22.9 Å². The highest BCUT2D eigenvalue weighted by atomic mass is 32.2. The second-order valence-corrected chi connectivity index (χ2v) is 7.39. The summed E-state index contributed by atoms with van der Waals surface area (Å²) in [6, 6.07) is 9.73. The number of hydrogen-bond donors (Lipinski definition) is 1. The molecule has 0 aliphatic rings. The molecule has 0 bridgehead atoms. The summed E-state index contributed by atoms with van der Waals surface area (Å²) in [5, 5.41) is 13.4. The van der Waals surface area contributed by atoms with Crippen LogP contribution in [0.1, 0.15) is 10.4 Å². The van der Waals surface area contributed by atoms with Gasteiger partial charge in [-0.05, 0) is 30.3 Å². The Kier molecular flexibility index (Phi) is 5.46. The number of carbonyl (C=O) groups is 1. The predicted octanol–water partition coefficient (Wildman–Crippen LogP) is 2.25. The lowest BCUT2D eigenvalue weighted by Crippen LogP contribution is -2.24. The number of benzene rings is 2. The number of rotatable bonds is 6. The van der Waals surface area contributed by atoms with Gasteiger partial charge in [-0.3, -0.25) is 19.2 Å². The zero-order chi connectivity index (χ0) is 19.5. The van der Waals surface area contributed by atoms with Crippen molar-refractivity contribution >= 4 is 33.0 Å². The SMILES string of the molecule is COc1ccc([N+](=O)[O-])cc1NC(=O)c1ccc(N(C)S(C)(=O)=O)cc1. The number of carbonyl (C=O) groups excluding carboxylic acids is 1. The number of sulfonamides is 1. The molecule has 2 aromatic carbocycles. The van der Waals surface area contributed by atoms with E-state index in [1.807, 2.05) is 0 Å². The second kappa shape index (κ2) is 7.40. The summed E-state index contributed by atoms with van der Waals surface area (Å²) in [7, 11) is -0.624. The van der Waals surface area contributed by atoms with E-state index in [1.54, 1.807) is 0 Å². The van der Waals surface area contributed by atoms with Crippen molar-refractivity contribution in [2.24, 2.45) is 0 Å². The van der Waals surface area contributed by atoms with E-state index >= 15 is 0 Å². The molecule has 2 aromatic rings. The Labute approximate surface area is 150 Å². The quantitative estimate of drug-likeness (QED) is 0.607. The second-order valence-electron chi connectivity index (χ2n) is 5.37. The number of ether oxygens (including phenoxy) is 1. The van der Waals surface area contributed by atoms with Crippen LogP contribution in [0, 0.1) is 10.1 Å². The molecular formula is C16H17N3O6S. The number of nitro groups is 1. The maximum absolute atomic E-state index is 12.4. The van der Waals surface area contributed by atoms with E-state index < -0.39 is 20.9 Å². The van der Waals surface area contributed by atoms with Gasteiger partial charge in [0.2, 0.25) is 10.0 Å². The molecule has 9 nitrogen and oxygen atoms in total. The smallest absolute Gasteiger partial charge is 0.271 e. The van der Waals surface area contributed by atoms with E-state index in [0.29, 0.717) is 5.69 Å². The van der Waals surface area contributed by atoms with E-state index in [4.69, 9.17) is 4.74 Å². The van der Waals surface area contributed by atoms with E-state index in [-0.39, 0.29) is 22.7 Å². The maximum atomic E-state index is 12.4. The molecule has 1 N–H and O–H groups in total. The normalized spacial score (nSPS) is 10.9. The number of nitro benzene ring substituents is 1. The summed E-state index contributed by atoms with van der Waals surface area (Å²) in [6.07, 6.45) is 1.07. The van der Waals surface area contributed by atoms with Gasteiger partial charge in [0.15, 0.2) is 0 Å². The Hall–Kier alpha value is -3.14. The molecule has 0 radical (unpaired) electrons. The van der Waals surface area contributed by atoms with Gasteiger partial charge in [0.05, 0.1) is 29.7 Å². The number of hydrogen-bond acceptors (Lipinski definition) is 6. The minimum Gasteiger partial charge on any atom is -0.495 e. The Morgan fingerprint density at radius 3 is 2.31 bits per heavy atom. The van der Waals surface area contributed by atoms with Crippen LogP contribution in [0.4, 0.5) is 17.1 Å². The predicted molar refractivity (Wildman–Crippen MR) is 97.3 cm³/mol. The van der Waals surface area contributed by atoms with Crippen LogP contribution in [0.15, 0.2) is 42.5 Å². The van der Waals surface area contributed by atoms with Gasteiger partial charge in [0, 0.05) is 24.7 Å². The van der Waals surface area contributed by atoms with E-state index in [1.165, 1.54) is 56.6 Å². The molecule has 26 heavy (non-hydrogen) atoms. The molecule has 0 aliphatic heterocycles.